The van der Waals surface area contributed by atoms with Crippen molar-refractivity contribution in [2.75, 3.05) is 67.7 Å². The van der Waals surface area contributed by atoms with Crippen molar-refractivity contribution in [2.24, 2.45) is 0 Å². The first-order valence-corrected chi connectivity index (χ1v) is 15.2. The number of nitriles is 1. The molecule has 2 bridgehead atoms. The molecule has 2 aliphatic rings. The molecule has 0 spiro atoms. The highest BCUT2D eigenvalue weighted by Gasteiger charge is 2.34. The summed E-state index contributed by atoms with van der Waals surface area (Å²) in [5.41, 5.74) is 2.92. The number of benzene rings is 3. The molecule has 3 aromatic carbocycles. The molecule has 9 nitrogen and oxygen atoms in total. The smallest absolute Gasteiger partial charge is 0.164 e. The lowest BCUT2D eigenvalue weighted by Crippen LogP contribution is -2.59. The number of hydrogen-bond acceptors (Lipinski definition) is 9. The summed E-state index contributed by atoms with van der Waals surface area (Å²) in [4.78, 5) is 5.07. The lowest BCUT2D eigenvalue weighted by molar-refractivity contribution is -0.138. The van der Waals surface area contributed by atoms with E-state index >= 15 is 0 Å². The minimum absolute atomic E-state index is 0.159. The van der Waals surface area contributed by atoms with Crippen LogP contribution in [0, 0.1) is 11.3 Å². The summed E-state index contributed by atoms with van der Waals surface area (Å²) >= 11 is 0. The van der Waals surface area contributed by atoms with Gasteiger partial charge in [-0.1, -0.05) is 18.2 Å². The lowest BCUT2D eigenvalue weighted by atomic mass is 10.0. The second-order valence-electron chi connectivity index (χ2n) is 11.3. The fourth-order valence-electron chi connectivity index (χ4n) is 6.17. The van der Waals surface area contributed by atoms with Gasteiger partial charge in [-0.05, 0) is 73.3 Å². The maximum absolute atomic E-state index is 9.26. The molecule has 0 amide bonds. The Bertz CT molecular complexity index is 1390. The fraction of sp³-hybridized carbons (Fsp3) is 0.457. The van der Waals surface area contributed by atoms with Gasteiger partial charge >= 0.3 is 0 Å². The van der Waals surface area contributed by atoms with Gasteiger partial charge in [-0.15, -0.1) is 0 Å². The van der Waals surface area contributed by atoms with Gasteiger partial charge in [-0.3, -0.25) is 9.80 Å². The number of morpholine rings is 2. The average Bonchev–Trinajstić information content (AvgIpc) is 3.06. The van der Waals surface area contributed by atoms with Gasteiger partial charge in [-0.2, -0.15) is 5.26 Å². The first-order chi connectivity index (χ1) is 21.5. The van der Waals surface area contributed by atoms with Gasteiger partial charge in [0.05, 0.1) is 52.3 Å². The molecule has 0 N–H and O–H groups in total. The van der Waals surface area contributed by atoms with E-state index < -0.39 is 0 Å². The monoisotopic (exact) mass is 601 g/mol. The molecule has 0 saturated carbocycles. The van der Waals surface area contributed by atoms with Gasteiger partial charge in [0, 0.05) is 38.8 Å². The van der Waals surface area contributed by atoms with Crippen LogP contribution in [-0.4, -0.2) is 89.7 Å². The third kappa shape index (κ3) is 7.94. The van der Waals surface area contributed by atoms with E-state index in [9.17, 15) is 5.26 Å². The lowest BCUT2D eigenvalue weighted by Gasteiger charge is -2.46. The van der Waals surface area contributed by atoms with Gasteiger partial charge in [0.2, 0.25) is 0 Å². The van der Waals surface area contributed by atoms with E-state index in [4.69, 9.17) is 28.4 Å². The van der Waals surface area contributed by atoms with Crippen molar-refractivity contribution in [1.29, 1.82) is 5.26 Å². The van der Waals surface area contributed by atoms with Crippen LogP contribution in [-0.2, 0) is 11.2 Å². The molecule has 234 valence electrons. The van der Waals surface area contributed by atoms with Gasteiger partial charge in [0.15, 0.2) is 23.0 Å². The molecule has 2 heterocycles. The molecule has 9 heteroatoms. The van der Waals surface area contributed by atoms with Crippen LogP contribution in [0.2, 0.25) is 0 Å². The van der Waals surface area contributed by atoms with E-state index in [-0.39, 0.29) is 18.3 Å². The Morgan fingerprint density at radius 2 is 1.34 bits per heavy atom. The highest BCUT2D eigenvalue weighted by Crippen LogP contribution is 2.34. The zero-order valence-corrected chi connectivity index (χ0v) is 26.2. The first-order valence-electron chi connectivity index (χ1n) is 15.2. The largest absolute Gasteiger partial charge is 0.493 e. The van der Waals surface area contributed by atoms with Crippen LogP contribution in [0.1, 0.15) is 35.6 Å². The number of rotatable bonds is 14. The van der Waals surface area contributed by atoms with Gasteiger partial charge in [0.25, 0.3) is 0 Å². The second-order valence-corrected chi connectivity index (χ2v) is 11.3. The molecule has 2 saturated heterocycles. The van der Waals surface area contributed by atoms with E-state index in [1.165, 1.54) is 5.56 Å². The molecule has 0 aromatic heterocycles. The number of ether oxygens (including phenoxy) is 6. The van der Waals surface area contributed by atoms with Crippen molar-refractivity contribution in [1.82, 2.24) is 9.80 Å². The molecular weight excluding hydrogens is 558 g/mol. The van der Waals surface area contributed by atoms with Crippen LogP contribution in [0.4, 0.5) is 0 Å². The minimum atomic E-state index is -0.159. The zero-order chi connectivity index (χ0) is 30.9. The minimum Gasteiger partial charge on any atom is -0.493 e. The first kappa shape index (κ1) is 31.5. The number of fused-ring (bicyclic) bond motifs is 2. The summed E-state index contributed by atoms with van der Waals surface area (Å²) < 4.78 is 34.6. The summed E-state index contributed by atoms with van der Waals surface area (Å²) in [5.74, 6) is 3.53. The third-order valence-corrected chi connectivity index (χ3v) is 8.38. The van der Waals surface area contributed by atoms with Crippen LogP contribution in [0.3, 0.4) is 0 Å². The molecule has 3 atom stereocenters. The number of hydrogen-bond donors (Lipinski definition) is 0. The molecule has 3 unspecified atom stereocenters. The highest BCUT2D eigenvalue weighted by molar-refractivity contribution is 5.46. The Labute approximate surface area is 260 Å². The second kappa shape index (κ2) is 15.2. The predicted octanol–water partition coefficient (Wildman–Crippen LogP) is 5.12. The van der Waals surface area contributed by atoms with Crippen molar-refractivity contribution in [3.8, 4) is 34.8 Å². The van der Waals surface area contributed by atoms with Crippen molar-refractivity contribution in [3.05, 3.63) is 77.4 Å². The quantitative estimate of drug-likeness (QED) is 0.250. The van der Waals surface area contributed by atoms with E-state index in [1.54, 1.807) is 28.4 Å². The van der Waals surface area contributed by atoms with E-state index in [0.29, 0.717) is 22.8 Å². The Kier molecular flexibility index (Phi) is 10.8. The van der Waals surface area contributed by atoms with Crippen molar-refractivity contribution >= 4 is 0 Å². The van der Waals surface area contributed by atoms with Crippen molar-refractivity contribution in [3.63, 3.8) is 0 Å². The SMILES string of the molecule is COc1ccc(CCN2CC3CN(CCCC(Oc4ccc(OC)c(OC)c4)c4ccc(C#N)cc4)CC(C2)O3)cc1OC. The van der Waals surface area contributed by atoms with Crippen molar-refractivity contribution in [2.45, 2.75) is 37.6 Å². The van der Waals surface area contributed by atoms with E-state index in [1.807, 2.05) is 48.5 Å². The zero-order valence-electron chi connectivity index (χ0n) is 26.2. The van der Waals surface area contributed by atoms with Crippen LogP contribution in [0.5, 0.6) is 28.7 Å². The summed E-state index contributed by atoms with van der Waals surface area (Å²) in [7, 11) is 6.58. The normalized spacial score (nSPS) is 19.1. The summed E-state index contributed by atoms with van der Waals surface area (Å²) in [6.45, 7) is 5.71. The maximum Gasteiger partial charge on any atom is 0.164 e. The molecule has 44 heavy (non-hydrogen) atoms. The topological polar surface area (TPSA) is 85.7 Å². The van der Waals surface area contributed by atoms with Gasteiger partial charge < -0.3 is 28.4 Å². The summed E-state index contributed by atoms with van der Waals surface area (Å²) in [6, 6.07) is 21.6. The summed E-state index contributed by atoms with van der Waals surface area (Å²) in [5, 5.41) is 9.26. The Morgan fingerprint density at radius 3 is 1.95 bits per heavy atom. The molecule has 0 radical (unpaired) electrons. The molecule has 5 rings (SSSR count). The molecular formula is C35H43N3O6. The number of methoxy groups -OCH3 is 4. The highest BCUT2D eigenvalue weighted by atomic mass is 16.5. The average molecular weight is 602 g/mol. The van der Waals surface area contributed by atoms with Crippen LogP contribution >= 0.6 is 0 Å². The molecule has 0 aliphatic carbocycles. The predicted molar refractivity (Wildman–Crippen MR) is 168 cm³/mol. The molecule has 2 aliphatic heterocycles. The Balaban J connectivity index is 1.14. The molecule has 2 fully saturated rings. The fourth-order valence-corrected chi connectivity index (χ4v) is 6.17. The van der Waals surface area contributed by atoms with Gasteiger partial charge in [-0.25, -0.2) is 0 Å². The standard InChI is InChI=1S/C35H43N3O6/c1-39-32-13-9-25(18-34(32)41-3)15-17-38-23-29-21-37(22-30(24-38)43-29)16-5-6-31(27-10-7-26(20-36)8-11-27)44-28-12-14-33(40-2)35(19-28)42-4/h7-14,18-19,29-31H,5-6,15-17,21-24H2,1-4H3. The summed E-state index contributed by atoms with van der Waals surface area (Å²) in [6.07, 6.45) is 3.04. The Hall–Kier alpha value is -3.97. The van der Waals surface area contributed by atoms with Crippen LogP contribution < -0.4 is 23.7 Å². The Morgan fingerprint density at radius 1 is 0.750 bits per heavy atom. The third-order valence-electron chi connectivity index (χ3n) is 8.38. The number of nitrogens with zero attached hydrogens (tertiary/aromatic N) is 3. The van der Waals surface area contributed by atoms with Crippen LogP contribution in [0.25, 0.3) is 0 Å². The van der Waals surface area contributed by atoms with E-state index in [0.717, 1.165) is 75.6 Å². The molecule has 3 aromatic rings. The van der Waals surface area contributed by atoms with Gasteiger partial charge in [0.1, 0.15) is 11.9 Å². The van der Waals surface area contributed by atoms with E-state index in [2.05, 4.69) is 28.0 Å². The van der Waals surface area contributed by atoms with Crippen molar-refractivity contribution < 1.29 is 28.4 Å². The maximum atomic E-state index is 9.26. The van der Waals surface area contributed by atoms with Crippen LogP contribution in [0.15, 0.2) is 60.7 Å².